The molecule has 1 aromatic heterocycles. The molecule has 4 aromatic rings. The summed E-state index contributed by atoms with van der Waals surface area (Å²) < 4.78 is 25.8. The van der Waals surface area contributed by atoms with Gasteiger partial charge in [0.15, 0.2) is 11.5 Å². The minimum Gasteiger partial charge on any atom is -0.454 e. The SMILES string of the molecule is O=C(CSc1cn(CCNC(=O)c2ccc(F)cc2)c2ccccc12)Nc1ccc2c(c1)OCO2. The largest absolute Gasteiger partial charge is 0.454 e. The second-order valence-electron chi connectivity index (χ2n) is 7.87. The van der Waals surface area contributed by atoms with Crippen molar-refractivity contribution < 1.29 is 23.5 Å². The summed E-state index contributed by atoms with van der Waals surface area (Å²) in [6.07, 6.45) is 1.99. The molecule has 7 nitrogen and oxygen atoms in total. The fourth-order valence-corrected chi connectivity index (χ4v) is 4.71. The number of benzene rings is 3. The number of amides is 2. The van der Waals surface area contributed by atoms with Crippen molar-refractivity contribution >= 4 is 40.2 Å². The van der Waals surface area contributed by atoms with Crippen LogP contribution in [0.1, 0.15) is 10.4 Å². The third kappa shape index (κ3) is 5.25. The van der Waals surface area contributed by atoms with E-state index in [4.69, 9.17) is 9.47 Å². The zero-order valence-electron chi connectivity index (χ0n) is 18.6. The first-order valence-corrected chi connectivity index (χ1v) is 12.0. The van der Waals surface area contributed by atoms with Crippen LogP contribution in [-0.2, 0) is 11.3 Å². The molecule has 0 atom stereocenters. The Morgan fingerprint density at radius 1 is 1.00 bits per heavy atom. The Labute approximate surface area is 205 Å². The Bertz CT molecular complexity index is 1390. The first-order valence-electron chi connectivity index (χ1n) is 11.0. The van der Waals surface area contributed by atoms with Crippen LogP contribution in [0.3, 0.4) is 0 Å². The summed E-state index contributed by atoms with van der Waals surface area (Å²) in [5, 5.41) is 6.79. The number of nitrogens with one attached hydrogen (secondary N) is 2. The van der Waals surface area contributed by atoms with Gasteiger partial charge in [-0.15, -0.1) is 11.8 Å². The average molecular weight is 492 g/mol. The van der Waals surface area contributed by atoms with E-state index in [2.05, 4.69) is 15.2 Å². The van der Waals surface area contributed by atoms with E-state index in [1.54, 1.807) is 18.2 Å². The molecule has 0 bridgehead atoms. The maximum Gasteiger partial charge on any atom is 0.251 e. The quantitative estimate of drug-likeness (QED) is 0.350. The number of carbonyl (C=O) groups is 2. The van der Waals surface area contributed by atoms with E-state index in [1.165, 1.54) is 36.0 Å². The standard InChI is InChI=1S/C26H22FN3O4S/c27-18-7-5-17(6-8-18)26(32)28-11-12-30-14-24(20-3-1-2-4-21(20)30)35-15-25(31)29-19-9-10-22-23(13-19)34-16-33-22/h1-10,13-14H,11-12,15-16H2,(H,28,32)(H,29,31). The number of para-hydroxylation sites is 1. The van der Waals surface area contributed by atoms with Crippen molar-refractivity contribution in [3.05, 3.63) is 84.3 Å². The molecular weight excluding hydrogens is 469 g/mol. The van der Waals surface area contributed by atoms with Crippen LogP contribution in [0.4, 0.5) is 10.1 Å². The molecule has 0 fully saturated rings. The fraction of sp³-hybridized carbons (Fsp3) is 0.154. The molecule has 1 aliphatic heterocycles. The summed E-state index contributed by atoms with van der Waals surface area (Å²) in [6, 6.07) is 18.7. The lowest BCUT2D eigenvalue weighted by atomic mass is 10.2. The van der Waals surface area contributed by atoms with Crippen LogP contribution in [0, 0.1) is 5.82 Å². The first kappa shape index (κ1) is 22.8. The molecule has 2 amide bonds. The summed E-state index contributed by atoms with van der Waals surface area (Å²) in [7, 11) is 0. The summed E-state index contributed by atoms with van der Waals surface area (Å²) in [5.74, 6) is 0.761. The molecule has 1 aliphatic rings. The topological polar surface area (TPSA) is 81.6 Å². The predicted molar refractivity (Wildman–Crippen MR) is 133 cm³/mol. The van der Waals surface area contributed by atoms with Gasteiger partial charge >= 0.3 is 0 Å². The molecule has 2 N–H and O–H groups in total. The Kier molecular flexibility index (Phi) is 6.58. The van der Waals surface area contributed by atoms with E-state index in [9.17, 15) is 14.0 Å². The highest BCUT2D eigenvalue weighted by atomic mass is 32.2. The van der Waals surface area contributed by atoms with Crippen LogP contribution in [0.2, 0.25) is 0 Å². The Hall–Kier alpha value is -3.98. The Morgan fingerprint density at radius 2 is 1.80 bits per heavy atom. The smallest absolute Gasteiger partial charge is 0.251 e. The molecular formula is C26H22FN3O4S. The van der Waals surface area contributed by atoms with Crippen molar-refractivity contribution in [2.45, 2.75) is 11.4 Å². The van der Waals surface area contributed by atoms with Gasteiger partial charge in [-0.05, 0) is 42.5 Å². The number of anilines is 1. The van der Waals surface area contributed by atoms with Crippen LogP contribution in [0.15, 0.2) is 77.8 Å². The lowest BCUT2D eigenvalue weighted by Gasteiger charge is -2.07. The van der Waals surface area contributed by atoms with E-state index in [-0.39, 0.29) is 30.2 Å². The van der Waals surface area contributed by atoms with Crippen molar-refractivity contribution in [2.75, 3.05) is 24.4 Å². The van der Waals surface area contributed by atoms with E-state index in [1.807, 2.05) is 30.5 Å². The van der Waals surface area contributed by atoms with Gasteiger partial charge in [-0.2, -0.15) is 0 Å². The van der Waals surface area contributed by atoms with Crippen LogP contribution in [0.5, 0.6) is 11.5 Å². The van der Waals surface area contributed by atoms with Crippen LogP contribution in [-0.4, -0.2) is 35.5 Å². The van der Waals surface area contributed by atoms with Crippen LogP contribution in [0.25, 0.3) is 10.9 Å². The number of halogens is 1. The second kappa shape index (κ2) is 10.1. The highest BCUT2D eigenvalue weighted by Crippen LogP contribution is 2.34. The van der Waals surface area contributed by atoms with E-state index >= 15 is 0 Å². The number of ether oxygens (including phenoxy) is 2. The predicted octanol–water partition coefficient (Wildman–Crippen LogP) is 4.67. The van der Waals surface area contributed by atoms with E-state index < -0.39 is 0 Å². The Morgan fingerprint density at radius 3 is 2.66 bits per heavy atom. The number of aromatic nitrogens is 1. The number of thioether (sulfide) groups is 1. The van der Waals surface area contributed by atoms with Crippen molar-refractivity contribution in [1.29, 1.82) is 0 Å². The molecule has 0 spiro atoms. The number of nitrogens with zero attached hydrogens (tertiary/aromatic N) is 1. The van der Waals surface area contributed by atoms with Gasteiger partial charge in [-0.1, -0.05) is 18.2 Å². The van der Waals surface area contributed by atoms with Gasteiger partial charge in [0.25, 0.3) is 5.91 Å². The van der Waals surface area contributed by atoms with Crippen molar-refractivity contribution in [3.8, 4) is 11.5 Å². The van der Waals surface area contributed by atoms with Gasteiger partial charge in [0.1, 0.15) is 5.82 Å². The summed E-state index contributed by atoms with van der Waals surface area (Å²) in [6.45, 7) is 1.14. The maximum absolute atomic E-state index is 13.1. The van der Waals surface area contributed by atoms with Crippen molar-refractivity contribution in [1.82, 2.24) is 9.88 Å². The normalized spacial score (nSPS) is 12.0. The summed E-state index contributed by atoms with van der Waals surface area (Å²) in [5.41, 5.74) is 2.08. The molecule has 0 saturated heterocycles. The third-order valence-electron chi connectivity index (χ3n) is 5.51. The molecule has 0 unspecified atom stereocenters. The molecule has 0 saturated carbocycles. The molecule has 3 aromatic carbocycles. The molecule has 9 heteroatoms. The molecule has 178 valence electrons. The van der Waals surface area contributed by atoms with Gasteiger partial charge in [0, 0.05) is 52.4 Å². The number of carbonyl (C=O) groups excluding carboxylic acids is 2. The van der Waals surface area contributed by atoms with Gasteiger partial charge < -0.3 is 24.7 Å². The second-order valence-corrected chi connectivity index (χ2v) is 8.89. The highest BCUT2D eigenvalue weighted by molar-refractivity contribution is 8.00. The minimum absolute atomic E-state index is 0.128. The van der Waals surface area contributed by atoms with Crippen LogP contribution < -0.4 is 20.1 Å². The number of hydrogen-bond donors (Lipinski definition) is 2. The monoisotopic (exact) mass is 491 g/mol. The molecule has 0 aliphatic carbocycles. The summed E-state index contributed by atoms with van der Waals surface area (Å²) >= 11 is 1.45. The van der Waals surface area contributed by atoms with Gasteiger partial charge in [0.05, 0.1) is 5.75 Å². The average Bonchev–Trinajstić information content (AvgIpc) is 3.47. The fourth-order valence-electron chi connectivity index (χ4n) is 3.82. The maximum atomic E-state index is 13.1. The highest BCUT2D eigenvalue weighted by Gasteiger charge is 2.15. The molecule has 2 heterocycles. The number of hydrogen-bond acceptors (Lipinski definition) is 5. The van der Waals surface area contributed by atoms with Gasteiger partial charge in [-0.25, -0.2) is 4.39 Å². The van der Waals surface area contributed by atoms with Gasteiger partial charge in [0.2, 0.25) is 12.7 Å². The van der Waals surface area contributed by atoms with Crippen LogP contribution >= 0.6 is 11.8 Å². The van der Waals surface area contributed by atoms with Crippen molar-refractivity contribution in [2.24, 2.45) is 0 Å². The van der Waals surface area contributed by atoms with Gasteiger partial charge in [-0.3, -0.25) is 9.59 Å². The van der Waals surface area contributed by atoms with Crippen molar-refractivity contribution in [3.63, 3.8) is 0 Å². The lowest BCUT2D eigenvalue weighted by molar-refractivity contribution is -0.113. The Balaban J connectivity index is 1.20. The third-order valence-corrected chi connectivity index (χ3v) is 6.55. The number of rotatable bonds is 8. The molecule has 0 radical (unpaired) electrons. The minimum atomic E-state index is -0.380. The zero-order valence-corrected chi connectivity index (χ0v) is 19.4. The number of fused-ring (bicyclic) bond motifs is 2. The lowest BCUT2D eigenvalue weighted by Crippen LogP contribution is -2.27. The first-order chi connectivity index (χ1) is 17.1. The molecule has 35 heavy (non-hydrogen) atoms. The van der Waals surface area contributed by atoms with E-state index in [0.29, 0.717) is 35.8 Å². The van der Waals surface area contributed by atoms with E-state index in [0.717, 1.165) is 15.8 Å². The molecule has 5 rings (SSSR count). The summed E-state index contributed by atoms with van der Waals surface area (Å²) in [4.78, 5) is 25.8. The zero-order chi connectivity index (χ0) is 24.2.